The average Bonchev–Trinajstić information content (AvgIpc) is 3.44. The molecular formula is C23H35N5O2. The summed E-state index contributed by atoms with van der Waals surface area (Å²) >= 11 is 0. The van der Waals surface area contributed by atoms with Gasteiger partial charge in [0.25, 0.3) is 0 Å². The Morgan fingerprint density at radius 1 is 1.17 bits per heavy atom. The topological polar surface area (TPSA) is 72.7 Å². The molecule has 1 aliphatic rings. The standard InChI is InChI=1S/C23H35N5O2/c1-4-29-13-14-30-22-15-18(2)9-10-19(22)16-25-23(24-3)26-17-20-11-12-28(27-20)21-7-5-6-8-21/h9-12,15,21H,4-8,13-14,16-17H2,1-3H3,(H2,24,25,26). The predicted octanol–water partition coefficient (Wildman–Crippen LogP) is 3.59. The maximum atomic E-state index is 5.93. The Balaban J connectivity index is 1.50. The van der Waals surface area contributed by atoms with E-state index in [0.717, 1.165) is 23.0 Å². The van der Waals surface area contributed by atoms with Gasteiger partial charge in [-0.05, 0) is 44.4 Å². The number of benzene rings is 1. The molecule has 1 heterocycles. The lowest BCUT2D eigenvalue weighted by Crippen LogP contribution is -2.36. The molecule has 1 aliphatic carbocycles. The van der Waals surface area contributed by atoms with Crippen molar-refractivity contribution in [3.8, 4) is 5.75 Å². The normalized spacial score (nSPS) is 14.8. The van der Waals surface area contributed by atoms with Gasteiger partial charge in [0.15, 0.2) is 5.96 Å². The van der Waals surface area contributed by atoms with Crippen LogP contribution in [-0.2, 0) is 17.8 Å². The van der Waals surface area contributed by atoms with Crippen LogP contribution in [-0.4, -0.2) is 42.6 Å². The van der Waals surface area contributed by atoms with E-state index in [1.807, 2.05) is 6.92 Å². The highest BCUT2D eigenvalue weighted by Crippen LogP contribution is 2.28. The maximum absolute atomic E-state index is 5.93. The van der Waals surface area contributed by atoms with Gasteiger partial charge in [-0.15, -0.1) is 0 Å². The molecule has 7 heteroatoms. The summed E-state index contributed by atoms with van der Waals surface area (Å²) in [5.74, 6) is 1.62. The first kappa shape index (κ1) is 22.2. The van der Waals surface area contributed by atoms with Crippen LogP contribution in [0.3, 0.4) is 0 Å². The number of aryl methyl sites for hydroxylation is 1. The quantitative estimate of drug-likeness (QED) is 0.354. The minimum Gasteiger partial charge on any atom is -0.491 e. The van der Waals surface area contributed by atoms with Gasteiger partial charge in [-0.1, -0.05) is 25.0 Å². The van der Waals surface area contributed by atoms with Crippen molar-refractivity contribution in [2.24, 2.45) is 4.99 Å². The van der Waals surface area contributed by atoms with Crippen LogP contribution in [0.5, 0.6) is 5.75 Å². The van der Waals surface area contributed by atoms with Crippen molar-refractivity contribution in [1.82, 2.24) is 20.4 Å². The van der Waals surface area contributed by atoms with E-state index in [9.17, 15) is 0 Å². The van der Waals surface area contributed by atoms with Gasteiger partial charge in [0.1, 0.15) is 12.4 Å². The van der Waals surface area contributed by atoms with Crippen molar-refractivity contribution in [2.75, 3.05) is 26.9 Å². The Bertz CT molecular complexity index is 812. The first-order chi connectivity index (χ1) is 14.7. The smallest absolute Gasteiger partial charge is 0.191 e. The second-order valence-electron chi connectivity index (χ2n) is 7.66. The highest BCUT2D eigenvalue weighted by molar-refractivity contribution is 5.79. The number of rotatable bonds is 10. The van der Waals surface area contributed by atoms with Crippen LogP contribution >= 0.6 is 0 Å². The van der Waals surface area contributed by atoms with Crippen molar-refractivity contribution in [3.05, 3.63) is 47.3 Å². The van der Waals surface area contributed by atoms with E-state index < -0.39 is 0 Å². The summed E-state index contributed by atoms with van der Waals surface area (Å²) in [4.78, 5) is 4.34. The minimum absolute atomic E-state index is 0.543. The molecule has 0 amide bonds. The molecule has 3 rings (SSSR count). The molecule has 7 nitrogen and oxygen atoms in total. The lowest BCUT2D eigenvalue weighted by atomic mass is 10.1. The Labute approximate surface area is 179 Å². The third-order valence-corrected chi connectivity index (χ3v) is 5.38. The fraction of sp³-hybridized carbons (Fsp3) is 0.565. The van der Waals surface area contributed by atoms with Crippen LogP contribution in [0.1, 0.15) is 55.5 Å². The second kappa shape index (κ2) is 11.6. The Morgan fingerprint density at radius 3 is 2.73 bits per heavy atom. The number of aliphatic imine (C=N–C) groups is 1. The summed E-state index contributed by atoms with van der Waals surface area (Å²) in [5, 5.41) is 11.5. The van der Waals surface area contributed by atoms with Crippen LogP contribution < -0.4 is 15.4 Å². The fourth-order valence-corrected chi connectivity index (χ4v) is 3.71. The zero-order valence-electron chi connectivity index (χ0n) is 18.5. The van der Waals surface area contributed by atoms with Gasteiger partial charge < -0.3 is 20.1 Å². The molecule has 0 spiro atoms. The largest absolute Gasteiger partial charge is 0.491 e. The van der Waals surface area contributed by atoms with Gasteiger partial charge in [-0.3, -0.25) is 9.67 Å². The molecule has 1 aromatic heterocycles. The highest BCUT2D eigenvalue weighted by Gasteiger charge is 2.17. The minimum atomic E-state index is 0.543. The monoisotopic (exact) mass is 413 g/mol. The number of aromatic nitrogens is 2. The van der Waals surface area contributed by atoms with E-state index in [0.29, 0.717) is 39.0 Å². The van der Waals surface area contributed by atoms with Crippen LogP contribution in [0, 0.1) is 6.92 Å². The highest BCUT2D eigenvalue weighted by atomic mass is 16.5. The third kappa shape index (κ3) is 6.49. The Kier molecular flexibility index (Phi) is 8.56. The van der Waals surface area contributed by atoms with Crippen molar-refractivity contribution < 1.29 is 9.47 Å². The molecule has 1 fully saturated rings. The predicted molar refractivity (Wildman–Crippen MR) is 120 cm³/mol. The van der Waals surface area contributed by atoms with Gasteiger partial charge in [-0.25, -0.2) is 0 Å². The number of guanidine groups is 1. The summed E-state index contributed by atoms with van der Waals surface area (Å²) in [6, 6.07) is 8.91. The lowest BCUT2D eigenvalue weighted by Gasteiger charge is -2.15. The summed E-state index contributed by atoms with van der Waals surface area (Å²) in [6.07, 6.45) is 7.20. The van der Waals surface area contributed by atoms with Crippen LogP contribution in [0.4, 0.5) is 0 Å². The molecule has 0 saturated heterocycles. The molecular weight excluding hydrogens is 378 g/mol. The average molecular weight is 414 g/mol. The third-order valence-electron chi connectivity index (χ3n) is 5.38. The van der Waals surface area contributed by atoms with Gasteiger partial charge in [0, 0.05) is 32.0 Å². The molecule has 1 saturated carbocycles. The molecule has 0 bridgehead atoms. The summed E-state index contributed by atoms with van der Waals surface area (Å²) in [7, 11) is 1.78. The van der Waals surface area contributed by atoms with Gasteiger partial charge in [0.2, 0.25) is 0 Å². The number of hydrogen-bond donors (Lipinski definition) is 2. The van der Waals surface area contributed by atoms with Gasteiger partial charge >= 0.3 is 0 Å². The van der Waals surface area contributed by atoms with E-state index in [1.165, 1.54) is 31.2 Å². The second-order valence-corrected chi connectivity index (χ2v) is 7.66. The molecule has 30 heavy (non-hydrogen) atoms. The molecule has 0 atom stereocenters. The van der Waals surface area contributed by atoms with Crippen molar-refractivity contribution >= 4 is 5.96 Å². The van der Waals surface area contributed by atoms with E-state index in [-0.39, 0.29) is 0 Å². The molecule has 1 aromatic carbocycles. The van der Waals surface area contributed by atoms with E-state index in [2.05, 4.69) is 57.7 Å². The Hall–Kier alpha value is -2.54. The lowest BCUT2D eigenvalue weighted by molar-refractivity contribution is 0.110. The number of nitrogens with zero attached hydrogens (tertiary/aromatic N) is 3. The molecule has 2 N–H and O–H groups in total. The van der Waals surface area contributed by atoms with Crippen LogP contribution in [0.2, 0.25) is 0 Å². The van der Waals surface area contributed by atoms with Gasteiger partial charge in [-0.2, -0.15) is 5.10 Å². The van der Waals surface area contributed by atoms with Crippen molar-refractivity contribution in [2.45, 2.75) is 58.7 Å². The zero-order chi connectivity index (χ0) is 21.2. The zero-order valence-corrected chi connectivity index (χ0v) is 18.5. The molecule has 2 aromatic rings. The van der Waals surface area contributed by atoms with E-state index in [4.69, 9.17) is 14.6 Å². The SMILES string of the molecule is CCOCCOc1cc(C)ccc1CNC(=NC)NCc1ccn(C2CCCC2)n1. The summed E-state index contributed by atoms with van der Waals surface area (Å²) < 4.78 is 13.4. The fourth-order valence-electron chi connectivity index (χ4n) is 3.71. The van der Waals surface area contributed by atoms with Gasteiger partial charge in [0.05, 0.1) is 24.9 Å². The molecule has 0 unspecified atom stereocenters. The van der Waals surface area contributed by atoms with Crippen molar-refractivity contribution in [3.63, 3.8) is 0 Å². The molecule has 0 radical (unpaired) electrons. The summed E-state index contributed by atoms with van der Waals surface area (Å²) in [6.45, 7) is 7.16. The van der Waals surface area contributed by atoms with Crippen LogP contribution in [0.25, 0.3) is 0 Å². The number of nitrogens with one attached hydrogen (secondary N) is 2. The van der Waals surface area contributed by atoms with Crippen LogP contribution in [0.15, 0.2) is 35.5 Å². The molecule has 0 aliphatic heterocycles. The first-order valence-corrected chi connectivity index (χ1v) is 11.0. The van der Waals surface area contributed by atoms with Crippen molar-refractivity contribution in [1.29, 1.82) is 0 Å². The first-order valence-electron chi connectivity index (χ1n) is 11.0. The summed E-state index contributed by atoms with van der Waals surface area (Å²) in [5.41, 5.74) is 3.29. The number of ether oxygens (including phenoxy) is 2. The number of hydrogen-bond acceptors (Lipinski definition) is 4. The van der Waals surface area contributed by atoms with E-state index in [1.54, 1.807) is 7.05 Å². The maximum Gasteiger partial charge on any atom is 0.191 e. The molecule has 164 valence electrons. The Morgan fingerprint density at radius 2 is 1.97 bits per heavy atom. The van der Waals surface area contributed by atoms with E-state index >= 15 is 0 Å².